The van der Waals surface area contributed by atoms with Crippen molar-refractivity contribution in [3.63, 3.8) is 0 Å². The number of aromatic nitrogens is 1. The average molecular weight is 419 g/mol. The number of nitrogens with zero attached hydrogens (tertiary/aromatic N) is 2. The van der Waals surface area contributed by atoms with Gasteiger partial charge in [0.05, 0.1) is 11.6 Å². The maximum Gasteiger partial charge on any atom is 0.222 e. The Morgan fingerprint density at radius 2 is 1.71 bits per heavy atom. The first kappa shape index (κ1) is 21.2. The summed E-state index contributed by atoms with van der Waals surface area (Å²) in [5.41, 5.74) is 3.15. The fraction of sp³-hybridized carbons (Fsp3) is 0.385. The molecule has 2 heterocycles. The van der Waals surface area contributed by atoms with E-state index in [1.165, 1.54) is 0 Å². The molecule has 1 aliphatic heterocycles. The van der Waals surface area contributed by atoms with Crippen LogP contribution in [0.4, 0.5) is 0 Å². The Balaban J connectivity index is 1.43. The summed E-state index contributed by atoms with van der Waals surface area (Å²) in [7, 11) is 0. The SMILES string of the molecule is CCC(=O)N1CCC(Oc2ccc(-c3ccc4ccc(OC(C)C)nc4c3)cc2)CC1. The van der Waals surface area contributed by atoms with Crippen molar-refractivity contribution in [2.75, 3.05) is 13.1 Å². The van der Waals surface area contributed by atoms with Crippen molar-refractivity contribution in [2.45, 2.75) is 52.2 Å². The Kier molecular flexibility index (Phi) is 6.40. The summed E-state index contributed by atoms with van der Waals surface area (Å²) in [6.07, 6.45) is 2.59. The van der Waals surface area contributed by atoms with Gasteiger partial charge in [-0.15, -0.1) is 0 Å². The van der Waals surface area contributed by atoms with Gasteiger partial charge < -0.3 is 14.4 Å². The Bertz CT molecular complexity index is 1040. The van der Waals surface area contributed by atoms with Crippen LogP contribution in [0, 0.1) is 0 Å². The molecule has 0 radical (unpaired) electrons. The molecule has 1 aliphatic rings. The molecule has 0 N–H and O–H groups in total. The molecule has 162 valence electrons. The summed E-state index contributed by atoms with van der Waals surface area (Å²) < 4.78 is 11.9. The number of rotatable bonds is 6. The van der Waals surface area contributed by atoms with Gasteiger partial charge in [-0.05, 0) is 49.2 Å². The molecule has 5 nitrogen and oxygen atoms in total. The molecular weight excluding hydrogens is 388 g/mol. The third-order valence-electron chi connectivity index (χ3n) is 5.61. The smallest absolute Gasteiger partial charge is 0.222 e. The van der Waals surface area contributed by atoms with Crippen LogP contribution < -0.4 is 9.47 Å². The van der Waals surface area contributed by atoms with Crippen molar-refractivity contribution in [2.24, 2.45) is 0 Å². The number of benzene rings is 2. The number of amides is 1. The minimum atomic E-state index is 0.0973. The summed E-state index contributed by atoms with van der Waals surface area (Å²) in [6, 6.07) is 18.5. The lowest BCUT2D eigenvalue weighted by atomic mass is 10.0. The molecule has 0 unspecified atom stereocenters. The van der Waals surface area contributed by atoms with Crippen LogP contribution in [0.15, 0.2) is 54.6 Å². The number of piperidine rings is 1. The Hall–Kier alpha value is -3.08. The second kappa shape index (κ2) is 9.38. The second-order valence-corrected chi connectivity index (χ2v) is 8.30. The summed E-state index contributed by atoms with van der Waals surface area (Å²) in [6.45, 7) is 7.47. The molecule has 31 heavy (non-hydrogen) atoms. The first-order valence-electron chi connectivity index (χ1n) is 11.1. The first-order chi connectivity index (χ1) is 15.0. The number of ether oxygens (including phenoxy) is 2. The van der Waals surface area contributed by atoms with E-state index < -0.39 is 0 Å². The predicted molar refractivity (Wildman–Crippen MR) is 123 cm³/mol. The van der Waals surface area contributed by atoms with E-state index in [9.17, 15) is 4.79 Å². The van der Waals surface area contributed by atoms with Gasteiger partial charge in [-0.3, -0.25) is 4.79 Å². The second-order valence-electron chi connectivity index (χ2n) is 8.30. The molecule has 3 aromatic rings. The minimum absolute atomic E-state index is 0.0973. The van der Waals surface area contributed by atoms with Crippen LogP contribution in [0.2, 0.25) is 0 Å². The van der Waals surface area contributed by atoms with E-state index in [1.54, 1.807) is 0 Å². The van der Waals surface area contributed by atoms with E-state index in [4.69, 9.17) is 9.47 Å². The van der Waals surface area contributed by atoms with Crippen LogP contribution >= 0.6 is 0 Å². The first-order valence-corrected chi connectivity index (χ1v) is 11.1. The van der Waals surface area contributed by atoms with Gasteiger partial charge in [0.2, 0.25) is 11.8 Å². The fourth-order valence-corrected chi connectivity index (χ4v) is 3.95. The van der Waals surface area contributed by atoms with E-state index in [0.29, 0.717) is 12.3 Å². The maximum atomic E-state index is 11.8. The standard InChI is InChI=1S/C26H30N2O3/c1-4-26(29)28-15-13-23(14-16-28)31-22-10-7-19(8-11-22)21-6-5-20-9-12-25(30-18(2)3)27-24(20)17-21/h5-12,17-18,23H,4,13-16H2,1-3H3. The lowest BCUT2D eigenvalue weighted by molar-refractivity contribution is -0.132. The topological polar surface area (TPSA) is 51.7 Å². The van der Waals surface area contributed by atoms with E-state index in [-0.39, 0.29) is 18.1 Å². The third kappa shape index (κ3) is 5.16. The van der Waals surface area contributed by atoms with Crippen LogP contribution in [-0.2, 0) is 4.79 Å². The average Bonchev–Trinajstić information content (AvgIpc) is 2.78. The number of likely N-dealkylation sites (tertiary alicyclic amines) is 1. The molecular formula is C26H30N2O3. The minimum Gasteiger partial charge on any atom is -0.490 e. The molecule has 1 aromatic heterocycles. The monoisotopic (exact) mass is 418 g/mol. The molecule has 5 heteroatoms. The van der Waals surface area contributed by atoms with Gasteiger partial charge >= 0.3 is 0 Å². The van der Waals surface area contributed by atoms with Gasteiger partial charge in [-0.1, -0.05) is 31.2 Å². The van der Waals surface area contributed by atoms with E-state index in [2.05, 4.69) is 35.3 Å². The van der Waals surface area contributed by atoms with E-state index >= 15 is 0 Å². The molecule has 1 amide bonds. The van der Waals surface area contributed by atoms with E-state index in [1.807, 2.05) is 49.9 Å². The molecule has 0 aliphatic carbocycles. The number of pyridine rings is 1. The highest BCUT2D eigenvalue weighted by atomic mass is 16.5. The summed E-state index contributed by atoms with van der Waals surface area (Å²) >= 11 is 0. The van der Waals surface area contributed by atoms with Crippen LogP contribution in [0.25, 0.3) is 22.0 Å². The van der Waals surface area contributed by atoms with Crippen LogP contribution in [0.5, 0.6) is 11.6 Å². The number of carbonyl (C=O) groups excluding carboxylic acids is 1. The molecule has 0 spiro atoms. The van der Waals surface area contributed by atoms with Gasteiger partial charge in [0.25, 0.3) is 0 Å². The lowest BCUT2D eigenvalue weighted by Gasteiger charge is -2.32. The quantitative estimate of drug-likeness (QED) is 0.533. The number of fused-ring (bicyclic) bond motifs is 1. The zero-order valence-electron chi connectivity index (χ0n) is 18.5. The van der Waals surface area contributed by atoms with Gasteiger partial charge in [0.1, 0.15) is 11.9 Å². The van der Waals surface area contributed by atoms with Crippen molar-refractivity contribution in [1.29, 1.82) is 0 Å². The molecule has 1 fully saturated rings. The van der Waals surface area contributed by atoms with Crippen molar-refractivity contribution < 1.29 is 14.3 Å². The van der Waals surface area contributed by atoms with Crippen molar-refractivity contribution in [3.8, 4) is 22.8 Å². The van der Waals surface area contributed by atoms with Crippen LogP contribution in [0.3, 0.4) is 0 Å². The number of hydrogen-bond donors (Lipinski definition) is 0. The number of hydrogen-bond acceptors (Lipinski definition) is 4. The molecule has 0 saturated carbocycles. The Labute approximate surface area is 184 Å². The van der Waals surface area contributed by atoms with Crippen LogP contribution in [0.1, 0.15) is 40.0 Å². The highest BCUT2D eigenvalue weighted by Crippen LogP contribution is 2.28. The third-order valence-corrected chi connectivity index (χ3v) is 5.61. The fourth-order valence-electron chi connectivity index (χ4n) is 3.95. The molecule has 1 saturated heterocycles. The van der Waals surface area contributed by atoms with Gasteiger partial charge in [0.15, 0.2) is 0 Å². The largest absolute Gasteiger partial charge is 0.490 e. The van der Waals surface area contributed by atoms with Crippen molar-refractivity contribution in [3.05, 3.63) is 54.6 Å². The maximum absolute atomic E-state index is 11.8. The molecule has 0 bridgehead atoms. The molecule has 0 atom stereocenters. The predicted octanol–water partition coefficient (Wildman–Crippen LogP) is 5.47. The van der Waals surface area contributed by atoms with Gasteiger partial charge in [-0.25, -0.2) is 4.98 Å². The molecule has 4 rings (SSSR count). The highest BCUT2D eigenvalue weighted by Gasteiger charge is 2.22. The summed E-state index contributed by atoms with van der Waals surface area (Å²) in [5, 5.41) is 1.09. The van der Waals surface area contributed by atoms with E-state index in [0.717, 1.165) is 53.7 Å². The lowest BCUT2D eigenvalue weighted by Crippen LogP contribution is -2.41. The zero-order chi connectivity index (χ0) is 21.8. The summed E-state index contributed by atoms with van der Waals surface area (Å²) in [5.74, 6) is 1.75. The number of carbonyl (C=O) groups is 1. The van der Waals surface area contributed by atoms with Gasteiger partial charge in [-0.2, -0.15) is 0 Å². The van der Waals surface area contributed by atoms with Crippen molar-refractivity contribution in [1.82, 2.24) is 9.88 Å². The summed E-state index contributed by atoms with van der Waals surface area (Å²) in [4.78, 5) is 18.4. The normalized spacial score (nSPS) is 14.8. The zero-order valence-corrected chi connectivity index (χ0v) is 18.5. The van der Waals surface area contributed by atoms with Gasteiger partial charge in [0, 0.05) is 43.8 Å². The molecule has 2 aromatic carbocycles. The van der Waals surface area contributed by atoms with Crippen molar-refractivity contribution >= 4 is 16.8 Å². The Morgan fingerprint density at radius 1 is 1.03 bits per heavy atom. The van der Waals surface area contributed by atoms with Crippen LogP contribution in [-0.4, -0.2) is 41.1 Å². The highest BCUT2D eigenvalue weighted by molar-refractivity contribution is 5.84. The Morgan fingerprint density at radius 3 is 2.39 bits per heavy atom.